The van der Waals surface area contributed by atoms with Crippen molar-refractivity contribution in [2.24, 2.45) is 5.92 Å². The highest BCUT2D eigenvalue weighted by Gasteiger charge is 2.35. The van der Waals surface area contributed by atoms with Gasteiger partial charge in [-0.3, -0.25) is 14.4 Å². The predicted octanol–water partition coefficient (Wildman–Crippen LogP) is 4.40. The van der Waals surface area contributed by atoms with Crippen LogP contribution in [0.2, 0.25) is 0 Å². The Morgan fingerprint density at radius 2 is 1.79 bits per heavy atom. The Labute approximate surface area is 279 Å². The third-order valence-corrected chi connectivity index (χ3v) is 11.3. The number of ether oxygens (including phenoxy) is 1. The smallest absolute Gasteiger partial charge is 0.258 e. The third kappa shape index (κ3) is 9.31. The molecule has 12 nitrogen and oxygen atoms in total. The maximum atomic E-state index is 13.7. The number of likely N-dealkylation sites (N-methyl/N-ethyl adjacent to an activating group) is 1. The van der Waals surface area contributed by atoms with Crippen LogP contribution in [-0.4, -0.2) is 79.3 Å². The van der Waals surface area contributed by atoms with Crippen molar-refractivity contribution in [3.8, 4) is 5.75 Å². The van der Waals surface area contributed by atoms with Crippen LogP contribution in [0.5, 0.6) is 5.75 Å². The summed E-state index contributed by atoms with van der Waals surface area (Å²) in [5.41, 5.74) is 7.55. The van der Waals surface area contributed by atoms with Gasteiger partial charge in [0.25, 0.3) is 15.9 Å². The maximum Gasteiger partial charge on any atom is 0.258 e. The molecule has 0 fully saturated rings. The van der Waals surface area contributed by atoms with Gasteiger partial charge in [-0.1, -0.05) is 31.5 Å². The number of rotatable bonds is 14. The maximum absolute atomic E-state index is 13.7. The molecule has 0 spiro atoms. The Hall–Kier alpha value is -3.98. The number of thiophene rings is 1. The fourth-order valence-corrected chi connectivity index (χ4v) is 7.61. The number of benzene rings is 2. The first-order valence-corrected chi connectivity index (χ1v) is 17.9. The topological polar surface area (TPSA) is 171 Å². The van der Waals surface area contributed by atoms with Crippen LogP contribution in [0.3, 0.4) is 0 Å². The summed E-state index contributed by atoms with van der Waals surface area (Å²) in [5, 5.41) is 17.3. The van der Waals surface area contributed by atoms with Gasteiger partial charge in [0.1, 0.15) is 16.1 Å². The second kappa shape index (κ2) is 16.2. The normalized spacial score (nSPS) is 17.3. The summed E-state index contributed by atoms with van der Waals surface area (Å²) in [6.45, 7) is 3.62. The van der Waals surface area contributed by atoms with Gasteiger partial charge in [0.15, 0.2) is 0 Å². The number of hydrogen-bond acceptors (Lipinski definition) is 9. The second-order valence-electron chi connectivity index (χ2n) is 11.8. The van der Waals surface area contributed by atoms with Crippen molar-refractivity contribution in [3.63, 3.8) is 0 Å². The van der Waals surface area contributed by atoms with Crippen molar-refractivity contribution < 1.29 is 32.6 Å². The molecule has 0 aliphatic carbocycles. The van der Waals surface area contributed by atoms with E-state index in [0.29, 0.717) is 42.7 Å². The zero-order valence-corrected chi connectivity index (χ0v) is 28.5. The van der Waals surface area contributed by atoms with E-state index in [4.69, 9.17) is 10.5 Å². The summed E-state index contributed by atoms with van der Waals surface area (Å²) >= 11 is 1.13. The van der Waals surface area contributed by atoms with E-state index in [1.165, 1.54) is 11.4 Å². The number of anilines is 3. The number of nitrogens with two attached hydrogens (primary N) is 1. The minimum atomic E-state index is -3.73. The highest BCUT2D eigenvalue weighted by Crippen LogP contribution is 2.31. The van der Waals surface area contributed by atoms with Gasteiger partial charge in [0, 0.05) is 38.0 Å². The lowest BCUT2D eigenvalue weighted by atomic mass is 9.99. The number of nitrogens with one attached hydrogen (secondary N) is 2. The summed E-state index contributed by atoms with van der Waals surface area (Å²) in [7, 11) is -2.23. The van der Waals surface area contributed by atoms with Crippen molar-refractivity contribution in [2.45, 2.75) is 62.3 Å². The Kier molecular flexibility index (Phi) is 12.4. The van der Waals surface area contributed by atoms with Crippen LogP contribution in [0.1, 0.15) is 56.3 Å². The van der Waals surface area contributed by atoms with E-state index in [0.717, 1.165) is 11.3 Å². The zero-order chi connectivity index (χ0) is 34.1. The Morgan fingerprint density at radius 1 is 1.09 bits per heavy atom. The zero-order valence-electron chi connectivity index (χ0n) is 26.8. The van der Waals surface area contributed by atoms with Crippen LogP contribution in [0.15, 0.2) is 64.2 Å². The van der Waals surface area contributed by atoms with Crippen molar-refractivity contribution >= 4 is 56.1 Å². The van der Waals surface area contributed by atoms with Crippen molar-refractivity contribution in [2.75, 3.05) is 43.1 Å². The molecule has 5 N–H and O–H groups in total. The molecule has 3 amide bonds. The van der Waals surface area contributed by atoms with Crippen LogP contribution in [0.25, 0.3) is 0 Å². The molecule has 3 aromatic rings. The van der Waals surface area contributed by atoms with E-state index >= 15 is 0 Å². The first-order valence-electron chi connectivity index (χ1n) is 15.6. The van der Waals surface area contributed by atoms with Crippen LogP contribution in [0, 0.1) is 5.92 Å². The molecule has 1 aliphatic heterocycles. The average Bonchev–Trinajstić information content (AvgIpc) is 3.60. The van der Waals surface area contributed by atoms with Crippen LogP contribution in [0.4, 0.5) is 17.1 Å². The van der Waals surface area contributed by atoms with E-state index in [1.54, 1.807) is 71.8 Å². The van der Waals surface area contributed by atoms with Gasteiger partial charge in [0.05, 0.1) is 36.1 Å². The molecule has 2 aromatic carbocycles. The first-order chi connectivity index (χ1) is 22.4. The van der Waals surface area contributed by atoms with E-state index < -0.39 is 22.2 Å². The monoisotopic (exact) mass is 685 g/mol. The number of sulfonamides is 1. The summed E-state index contributed by atoms with van der Waals surface area (Å²) < 4.78 is 34.1. The van der Waals surface area contributed by atoms with Crippen LogP contribution < -0.4 is 21.1 Å². The number of carbonyl (C=O) groups is 3. The summed E-state index contributed by atoms with van der Waals surface area (Å²) in [5.74, 6) is -0.755. The third-order valence-electron chi connectivity index (χ3n) is 8.09. The van der Waals surface area contributed by atoms with E-state index in [-0.39, 0.29) is 65.3 Å². The van der Waals surface area contributed by atoms with Crippen LogP contribution in [-0.2, 0) is 19.6 Å². The molecular weight excluding hydrogens is 643 g/mol. The molecule has 0 radical (unpaired) electrons. The number of carbonyl (C=O) groups excluding carboxylic acids is 3. The van der Waals surface area contributed by atoms with Gasteiger partial charge >= 0.3 is 0 Å². The lowest BCUT2D eigenvalue weighted by Crippen LogP contribution is -2.50. The Balaban J connectivity index is 1.39. The number of amides is 3. The molecule has 0 bridgehead atoms. The number of aliphatic hydroxyl groups is 1. The molecule has 14 heteroatoms. The van der Waals surface area contributed by atoms with Gasteiger partial charge in [-0.2, -0.15) is 4.31 Å². The number of para-hydroxylation sites is 2. The summed E-state index contributed by atoms with van der Waals surface area (Å²) in [6.07, 6.45) is 1.78. The Morgan fingerprint density at radius 3 is 2.45 bits per heavy atom. The minimum Gasteiger partial charge on any atom is -0.488 e. The standard InChI is InChI=1S/C33H43N5O7S2/c1-22-19-38(23(2)21-39)33(42)25-18-24(15-16-28(25)45-29(22)20-37(3)47(43,44)32-14-9-17-46-32)35-30(40)12-5-4-6-13-31(41)36-27-11-8-7-10-26(27)34/h7-11,14-18,22-23,29,39H,4-6,12-13,19-21,34H2,1-3H3,(H,35,40)(H,36,41)/t22-,23+,29-/m0/s1. The lowest BCUT2D eigenvalue weighted by molar-refractivity contribution is -0.116. The number of fused-ring (bicyclic) bond motifs is 1. The van der Waals surface area contributed by atoms with Crippen LogP contribution >= 0.6 is 11.3 Å². The van der Waals surface area contributed by atoms with Gasteiger partial charge < -0.3 is 31.1 Å². The fraction of sp³-hybridized carbons (Fsp3) is 0.424. The highest BCUT2D eigenvalue weighted by atomic mass is 32.2. The van der Waals surface area contributed by atoms with Gasteiger partial charge in [-0.15, -0.1) is 11.3 Å². The molecule has 4 rings (SSSR count). The quantitative estimate of drug-likeness (QED) is 0.143. The molecule has 3 atom stereocenters. The van der Waals surface area contributed by atoms with Crippen molar-refractivity contribution in [3.05, 3.63) is 65.5 Å². The van der Waals surface area contributed by atoms with Gasteiger partial charge in [-0.05, 0) is 61.5 Å². The van der Waals surface area contributed by atoms with Gasteiger partial charge in [-0.25, -0.2) is 8.42 Å². The number of hydrogen-bond donors (Lipinski definition) is 4. The first kappa shape index (κ1) is 35.9. The highest BCUT2D eigenvalue weighted by molar-refractivity contribution is 7.91. The molecule has 2 heterocycles. The largest absolute Gasteiger partial charge is 0.488 e. The number of aliphatic hydroxyl groups excluding tert-OH is 1. The number of nitrogen functional groups attached to an aromatic ring is 1. The number of unbranched alkanes of at least 4 members (excludes halogenated alkanes) is 2. The van der Waals surface area contributed by atoms with Crippen molar-refractivity contribution in [1.29, 1.82) is 0 Å². The molecule has 1 aromatic heterocycles. The van der Waals surface area contributed by atoms with Crippen molar-refractivity contribution in [1.82, 2.24) is 9.21 Å². The molecule has 0 saturated carbocycles. The minimum absolute atomic E-state index is 0.0385. The second-order valence-corrected chi connectivity index (χ2v) is 15.0. The summed E-state index contributed by atoms with van der Waals surface area (Å²) in [6, 6.07) is 14.6. The Bertz CT molecular complexity index is 1650. The van der Waals surface area contributed by atoms with E-state index in [1.807, 2.05) is 6.92 Å². The molecule has 0 unspecified atom stereocenters. The number of nitrogens with zero attached hydrogens (tertiary/aromatic N) is 2. The van der Waals surface area contributed by atoms with E-state index in [9.17, 15) is 27.9 Å². The molecule has 254 valence electrons. The molecule has 1 aliphatic rings. The molecule has 0 saturated heterocycles. The van der Waals surface area contributed by atoms with E-state index in [2.05, 4.69) is 10.6 Å². The lowest BCUT2D eigenvalue weighted by Gasteiger charge is -2.38. The van der Waals surface area contributed by atoms with Gasteiger partial charge in [0.2, 0.25) is 11.8 Å². The molecule has 47 heavy (non-hydrogen) atoms. The molecular formula is C33H43N5O7S2. The predicted molar refractivity (Wildman–Crippen MR) is 183 cm³/mol. The fourth-order valence-electron chi connectivity index (χ4n) is 5.23. The SMILES string of the molecule is C[C@H](CO)N1C[C@H](C)[C@H](CN(C)S(=O)(=O)c2cccs2)Oc2ccc(NC(=O)CCCCCC(=O)Nc3ccccc3N)cc2C1=O. The average molecular weight is 686 g/mol. The summed E-state index contributed by atoms with van der Waals surface area (Å²) in [4.78, 5) is 40.3.